The van der Waals surface area contributed by atoms with Gasteiger partial charge in [0.1, 0.15) is 11.5 Å². The van der Waals surface area contributed by atoms with Gasteiger partial charge in [0.05, 0.1) is 79.4 Å². The van der Waals surface area contributed by atoms with Crippen molar-refractivity contribution in [1.82, 2.24) is 0 Å². The van der Waals surface area contributed by atoms with E-state index in [1.165, 1.54) is 51.4 Å². The molecule has 2 unspecified atom stereocenters. The molecule has 2 aromatic carbocycles. The molecule has 0 spiro atoms. The Kier molecular flexibility index (Phi) is 16.6. The first-order valence-corrected chi connectivity index (χ1v) is 16.3. The van der Waals surface area contributed by atoms with Crippen molar-refractivity contribution in [2.24, 2.45) is 11.8 Å². The maximum Gasteiger partial charge on any atom is 0.171 e. The second kappa shape index (κ2) is 18.8. The van der Waals surface area contributed by atoms with Gasteiger partial charge < -0.3 is 66.4 Å². The molecule has 2 aromatic rings. The number of methoxy groups -OCH3 is 2. The summed E-state index contributed by atoms with van der Waals surface area (Å²) in [7, 11) is 7.97. The molecule has 4 rings (SSSR count). The average Bonchev–Trinajstić information content (AvgIpc) is 3.37. The minimum atomic E-state index is -0.123. The number of rotatable bonds is 13. The molecule has 0 aromatic heterocycles. The zero-order valence-corrected chi connectivity index (χ0v) is 31.7. The Hall–Kier alpha value is -1.24. The number of halogens is 2. The molecular formula is C36H54I2N2O4. The second-order valence-electron chi connectivity index (χ2n) is 13.5. The molecule has 2 fully saturated rings. The number of hydrogen-bond acceptors (Lipinski definition) is 4. The van der Waals surface area contributed by atoms with Gasteiger partial charge in [-0.25, -0.2) is 0 Å². The Bertz CT molecular complexity index is 1050. The lowest BCUT2D eigenvalue weighted by molar-refractivity contribution is -0.911. The predicted molar refractivity (Wildman–Crippen MR) is 169 cm³/mol. The summed E-state index contributed by atoms with van der Waals surface area (Å²) >= 11 is 0. The molecular weight excluding hydrogens is 778 g/mol. The topological polar surface area (TPSA) is 52.6 Å². The molecule has 0 aliphatic carbocycles. The number of ether oxygens (including phenoxy) is 2. The van der Waals surface area contributed by atoms with Gasteiger partial charge >= 0.3 is 0 Å². The van der Waals surface area contributed by atoms with E-state index in [-0.39, 0.29) is 71.4 Å². The van der Waals surface area contributed by atoms with E-state index in [4.69, 9.17) is 9.47 Å². The highest BCUT2D eigenvalue weighted by Gasteiger charge is 2.36. The Morgan fingerprint density at radius 2 is 0.864 bits per heavy atom. The van der Waals surface area contributed by atoms with Gasteiger partial charge in [-0.05, 0) is 113 Å². The van der Waals surface area contributed by atoms with Crippen LogP contribution in [0.5, 0.6) is 11.5 Å². The maximum atomic E-state index is 14.1. The lowest BCUT2D eigenvalue weighted by Gasteiger charge is -2.38. The number of hydrogen-bond donors (Lipinski definition) is 0. The van der Waals surface area contributed by atoms with E-state index in [2.05, 4.69) is 14.1 Å². The zero-order chi connectivity index (χ0) is 30.0. The van der Waals surface area contributed by atoms with Crippen LogP contribution >= 0.6 is 0 Å². The lowest BCUT2D eigenvalue weighted by atomic mass is 9.85. The summed E-state index contributed by atoms with van der Waals surface area (Å²) in [6.45, 7) is 6.15. The quantitative estimate of drug-likeness (QED) is 0.171. The van der Waals surface area contributed by atoms with Gasteiger partial charge in [0, 0.05) is 11.1 Å². The fourth-order valence-electron chi connectivity index (χ4n) is 7.33. The van der Waals surface area contributed by atoms with Crippen LogP contribution in [0.2, 0.25) is 0 Å². The third-order valence-corrected chi connectivity index (χ3v) is 9.97. The largest absolute Gasteiger partial charge is 1.00 e. The number of benzene rings is 2. The van der Waals surface area contributed by atoms with Gasteiger partial charge in [0.25, 0.3) is 0 Å². The SMILES string of the molecule is COc1ccc(C(=O)C(CCC(C[N+]2(C)CCCCCC2)C(=O)c2ccc(OC)cc2)C[N+]2(C)CCCCCC2)cc1.[I-].[I-]. The van der Waals surface area contributed by atoms with Crippen molar-refractivity contribution < 1.29 is 76.0 Å². The fourth-order valence-corrected chi connectivity index (χ4v) is 7.33. The van der Waals surface area contributed by atoms with E-state index in [9.17, 15) is 9.59 Å². The molecule has 0 saturated carbocycles. The molecule has 0 amide bonds. The summed E-state index contributed by atoms with van der Waals surface area (Å²) in [5.41, 5.74) is 1.48. The molecule has 8 heteroatoms. The molecule has 0 N–H and O–H groups in total. The number of nitrogens with zero attached hydrogens (tertiary/aromatic N) is 2. The molecule has 6 nitrogen and oxygen atoms in total. The van der Waals surface area contributed by atoms with E-state index in [0.29, 0.717) is 0 Å². The van der Waals surface area contributed by atoms with Crippen LogP contribution in [0.4, 0.5) is 0 Å². The van der Waals surface area contributed by atoms with Crippen molar-refractivity contribution in [3.8, 4) is 11.5 Å². The van der Waals surface area contributed by atoms with Gasteiger partial charge in [0.15, 0.2) is 11.6 Å². The Balaban J connectivity index is 0.00000337. The molecule has 2 aliphatic heterocycles. The third kappa shape index (κ3) is 11.2. The number of ketones is 2. The second-order valence-corrected chi connectivity index (χ2v) is 13.5. The highest BCUT2D eigenvalue weighted by molar-refractivity contribution is 5.99. The summed E-state index contributed by atoms with van der Waals surface area (Å²) in [5.74, 6) is 1.67. The normalized spacial score (nSPS) is 19.1. The summed E-state index contributed by atoms with van der Waals surface area (Å²) in [6, 6.07) is 15.1. The number of likely N-dealkylation sites (tertiary alicyclic amines) is 2. The lowest BCUT2D eigenvalue weighted by Crippen LogP contribution is -3.00. The molecule has 0 bridgehead atoms. The van der Waals surface area contributed by atoms with Crippen LogP contribution in [-0.2, 0) is 0 Å². The smallest absolute Gasteiger partial charge is 0.171 e. The van der Waals surface area contributed by atoms with E-state index < -0.39 is 0 Å². The van der Waals surface area contributed by atoms with Crippen LogP contribution in [0.15, 0.2) is 48.5 Å². The van der Waals surface area contributed by atoms with E-state index in [1.54, 1.807) is 14.2 Å². The van der Waals surface area contributed by atoms with Crippen molar-refractivity contribution in [2.45, 2.75) is 64.2 Å². The summed E-state index contributed by atoms with van der Waals surface area (Å²) in [6.07, 6.45) is 11.4. The van der Waals surface area contributed by atoms with Gasteiger partial charge in [-0.2, -0.15) is 0 Å². The summed E-state index contributed by atoms with van der Waals surface area (Å²) < 4.78 is 12.6. The molecule has 2 aliphatic rings. The van der Waals surface area contributed by atoms with Gasteiger partial charge in [-0.1, -0.05) is 0 Å². The van der Waals surface area contributed by atoms with Crippen molar-refractivity contribution in [2.75, 3.05) is 67.6 Å². The van der Waals surface area contributed by atoms with Crippen molar-refractivity contribution >= 4 is 11.6 Å². The molecule has 2 saturated heterocycles. The molecule has 44 heavy (non-hydrogen) atoms. The number of carbonyl (C=O) groups is 2. The third-order valence-electron chi connectivity index (χ3n) is 9.97. The van der Waals surface area contributed by atoms with Crippen LogP contribution in [0, 0.1) is 11.8 Å². The highest BCUT2D eigenvalue weighted by Crippen LogP contribution is 2.29. The van der Waals surface area contributed by atoms with Crippen LogP contribution < -0.4 is 57.4 Å². The average molecular weight is 833 g/mol. The molecule has 2 heterocycles. The number of Topliss-reactive ketones (excluding diaryl/α,β-unsaturated/α-hetero) is 2. The van der Waals surface area contributed by atoms with Crippen molar-refractivity contribution in [3.63, 3.8) is 0 Å². The summed E-state index contributed by atoms with van der Waals surface area (Å²) in [5, 5.41) is 0. The fraction of sp³-hybridized carbons (Fsp3) is 0.611. The van der Waals surface area contributed by atoms with Gasteiger partial charge in [-0.15, -0.1) is 0 Å². The standard InChI is InChI=1S/C36H54N2O4.2HI/c1-37(23-9-5-6-10-24-37)27-31(35(39)29-15-19-33(41-3)20-16-29)13-14-32(28-38(2)25-11-7-8-12-26-38)36(40)30-17-21-34(42-4)22-18-30;;/h15-22,31-32H,5-14,23-28H2,1-4H3;2*1H/q+2;;/p-2. The van der Waals surface area contributed by atoms with Crippen LogP contribution in [0.25, 0.3) is 0 Å². The van der Waals surface area contributed by atoms with Crippen LogP contribution in [0.3, 0.4) is 0 Å². The van der Waals surface area contributed by atoms with Gasteiger partial charge in [-0.3, -0.25) is 9.59 Å². The van der Waals surface area contributed by atoms with Crippen molar-refractivity contribution in [3.05, 3.63) is 59.7 Å². The molecule has 2 atom stereocenters. The van der Waals surface area contributed by atoms with Crippen LogP contribution in [-0.4, -0.2) is 88.1 Å². The van der Waals surface area contributed by atoms with E-state index in [0.717, 1.165) is 83.7 Å². The zero-order valence-electron chi connectivity index (χ0n) is 27.4. The molecule has 246 valence electrons. The van der Waals surface area contributed by atoms with Gasteiger partial charge in [0.2, 0.25) is 0 Å². The minimum absolute atomic E-state index is 0. The van der Waals surface area contributed by atoms with E-state index in [1.807, 2.05) is 48.5 Å². The highest BCUT2D eigenvalue weighted by atomic mass is 127. The first-order chi connectivity index (χ1) is 20.2. The maximum absolute atomic E-state index is 14.1. The Labute approximate surface area is 300 Å². The summed E-state index contributed by atoms with van der Waals surface area (Å²) in [4.78, 5) is 28.2. The number of quaternary nitrogens is 2. The minimum Gasteiger partial charge on any atom is -1.00 e. The number of carbonyl (C=O) groups excluding carboxylic acids is 2. The first kappa shape index (κ1) is 38.9. The van der Waals surface area contributed by atoms with Crippen molar-refractivity contribution in [1.29, 1.82) is 0 Å². The Morgan fingerprint density at radius 1 is 0.568 bits per heavy atom. The van der Waals surface area contributed by atoms with Crippen LogP contribution in [0.1, 0.15) is 84.9 Å². The van der Waals surface area contributed by atoms with E-state index >= 15 is 0 Å². The predicted octanol–water partition coefficient (Wildman–Crippen LogP) is 0.831. The Morgan fingerprint density at radius 3 is 1.14 bits per heavy atom. The molecule has 0 radical (unpaired) electrons. The first-order valence-electron chi connectivity index (χ1n) is 16.3. The monoisotopic (exact) mass is 832 g/mol.